The number of carbonyl (C=O) groups is 2. The Balaban J connectivity index is 0. The Morgan fingerprint density at radius 3 is 1.16 bits per heavy atom. The molecule has 0 saturated heterocycles. The number of carboxylic acid groups (broad SMARTS) is 2. The highest BCUT2D eigenvalue weighted by atomic mass is 16.7. The fourth-order valence-corrected chi connectivity index (χ4v) is 0.746. The molecule has 0 amide bonds. The summed E-state index contributed by atoms with van der Waals surface area (Å²) in [7, 11) is 0. The first kappa shape index (κ1) is 19.8. The van der Waals surface area contributed by atoms with E-state index in [0.29, 0.717) is 0 Å². The minimum Gasteiger partial charge on any atom is -0.449 e. The fourth-order valence-electron chi connectivity index (χ4n) is 0.746. The van der Waals surface area contributed by atoms with Crippen molar-refractivity contribution in [3.63, 3.8) is 0 Å². The van der Waals surface area contributed by atoms with Gasteiger partial charge in [-0.15, -0.1) is 0 Å². The Labute approximate surface area is 106 Å². The van der Waals surface area contributed by atoms with Gasteiger partial charge in [-0.2, -0.15) is 0 Å². The van der Waals surface area contributed by atoms with Gasteiger partial charge in [0.1, 0.15) is 24.4 Å². The van der Waals surface area contributed by atoms with Crippen LogP contribution in [0.5, 0.6) is 0 Å². The minimum absolute atomic E-state index is 0.726. The molecule has 0 aliphatic heterocycles. The van der Waals surface area contributed by atoms with Gasteiger partial charge in [-0.1, -0.05) is 0 Å². The minimum atomic E-state index is -1.81. The quantitative estimate of drug-likeness (QED) is 0.186. The van der Waals surface area contributed by atoms with Crippen molar-refractivity contribution in [1.29, 1.82) is 0 Å². The van der Waals surface area contributed by atoms with Crippen molar-refractivity contribution in [3.8, 4) is 0 Å². The van der Waals surface area contributed by atoms with Crippen molar-refractivity contribution in [1.82, 2.24) is 0 Å². The fraction of sp³-hybridized carbons (Fsp3) is 0.750. The third-order valence-corrected chi connectivity index (χ3v) is 1.69. The molecule has 0 fully saturated rings. The molecule has 0 aliphatic rings. The molecule has 4 atom stereocenters. The zero-order valence-corrected chi connectivity index (χ0v) is 9.53. The van der Waals surface area contributed by atoms with Gasteiger partial charge in [-0.3, -0.25) is 0 Å². The number of aliphatic hydroxyl groups is 6. The second-order valence-corrected chi connectivity index (χ2v) is 3.11. The van der Waals surface area contributed by atoms with Crippen molar-refractivity contribution in [3.05, 3.63) is 0 Å². The molecule has 11 nitrogen and oxygen atoms in total. The Morgan fingerprint density at radius 1 is 0.789 bits per heavy atom. The smallest absolute Gasteiger partial charge is 0.449 e. The van der Waals surface area contributed by atoms with Gasteiger partial charge >= 0.3 is 12.3 Å². The standard InChI is InChI=1S/C6H14O6.C2H2O5/c7-1-3(9)5(11)6(12)4(10)2-8;3-1(4)7-2(5)6/h3-12H,1-2H2;(H,3,4)(H,5,6)/t3-,4+,5-,6+;. The van der Waals surface area contributed by atoms with Crippen LogP contribution in [0.3, 0.4) is 0 Å². The van der Waals surface area contributed by atoms with E-state index in [2.05, 4.69) is 4.74 Å². The Kier molecular flexibility index (Phi) is 10.9. The number of aliphatic hydroxyl groups excluding tert-OH is 6. The van der Waals surface area contributed by atoms with Gasteiger partial charge in [0.2, 0.25) is 0 Å². The molecule has 0 aromatic rings. The van der Waals surface area contributed by atoms with Crippen molar-refractivity contribution in [2.24, 2.45) is 0 Å². The van der Waals surface area contributed by atoms with Crippen LogP contribution < -0.4 is 0 Å². The van der Waals surface area contributed by atoms with E-state index in [0.717, 1.165) is 0 Å². The first-order valence-corrected chi connectivity index (χ1v) is 4.75. The van der Waals surface area contributed by atoms with Gasteiger partial charge in [0, 0.05) is 0 Å². The highest BCUT2D eigenvalue weighted by molar-refractivity contribution is 5.74. The normalized spacial score (nSPS) is 16.3. The van der Waals surface area contributed by atoms with Gasteiger partial charge in [-0.05, 0) is 0 Å². The lowest BCUT2D eigenvalue weighted by atomic mass is 10.0. The van der Waals surface area contributed by atoms with Crippen LogP contribution in [-0.4, -0.2) is 90.8 Å². The Morgan fingerprint density at radius 2 is 1.05 bits per heavy atom. The molecule has 0 heterocycles. The Hall–Kier alpha value is -1.50. The summed E-state index contributed by atoms with van der Waals surface area (Å²) in [6.07, 6.45) is -10.0. The maximum Gasteiger partial charge on any atom is 0.516 e. The van der Waals surface area contributed by atoms with Crippen LogP contribution in [0.15, 0.2) is 0 Å². The summed E-state index contributed by atoms with van der Waals surface area (Å²) in [4.78, 5) is 18.4. The lowest BCUT2D eigenvalue weighted by Gasteiger charge is -2.24. The molecule has 0 aliphatic carbocycles. The van der Waals surface area contributed by atoms with Gasteiger partial charge in [0.05, 0.1) is 13.2 Å². The second-order valence-electron chi connectivity index (χ2n) is 3.11. The average Bonchev–Trinajstić information content (AvgIpc) is 2.34. The van der Waals surface area contributed by atoms with Gasteiger partial charge in [0.15, 0.2) is 0 Å². The monoisotopic (exact) mass is 288 g/mol. The highest BCUT2D eigenvalue weighted by Gasteiger charge is 2.29. The molecule has 0 rings (SSSR count). The number of hydrogen-bond acceptors (Lipinski definition) is 9. The van der Waals surface area contributed by atoms with E-state index in [4.69, 9.17) is 40.9 Å². The third kappa shape index (κ3) is 10.1. The maximum atomic E-state index is 9.21. The second kappa shape index (κ2) is 10.4. The topological polar surface area (TPSA) is 205 Å². The zero-order chi connectivity index (χ0) is 15.6. The van der Waals surface area contributed by atoms with Crippen molar-refractivity contribution in [2.45, 2.75) is 24.4 Å². The lowest BCUT2D eigenvalue weighted by molar-refractivity contribution is -0.123. The van der Waals surface area contributed by atoms with E-state index >= 15 is 0 Å². The molecule has 19 heavy (non-hydrogen) atoms. The predicted octanol–water partition coefficient (Wildman–Crippen LogP) is -3.23. The average molecular weight is 288 g/mol. The maximum absolute atomic E-state index is 9.21. The van der Waals surface area contributed by atoms with E-state index in [1.54, 1.807) is 0 Å². The number of hydrogen-bond donors (Lipinski definition) is 8. The first-order valence-electron chi connectivity index (χ1n) is 4.75. The summed E-state index contributed by atoms with van der Waals surface area (Å²) in [6.45, 7) is -1.45. The van der Waals surface area contributed by atoms with Crippen LogP contribution >= 0.6 is 0 Å². The van der Waals surface area contributed by atoms with Crippen LogP contribution in [0, 0.1) is 0 Å². The molecule has 11 heteroatoms. The molecule has 8 N–H and O–H groups in total. The van der Waals surface area contributed by atoms with Crippen LogP contribution in [0.2, 0.25) is 0 Å². The van der Waals surface area contributed by atoms with Crippen molar-refractivity contribution < 1.29 is 55.2 Å². The van der Waals surface area contributed by atoms with Crippen LogP contribution in [0.4, 0.5) is 9.59 Å². The molecule has 0 radical (unpaired) electrons. The Bertz CT molecular complexity index is 241. The lowest BCUT2D eigenvalue weighted by Crippen LogP contribution is -2.46. The summed E-state index contributed by atoms with van der Waals surface area (Å²) < 4.78 is 3.08. The van der Waals surface area contributed by atoms with E-state index < -0.39 is 49.9 Å². The molecule has 0 bridgehead atoms. The molecule has 0 saturated carbocycles. The van der Waals surface area contributed by atoms with E-state index in [1.807, 2.05) is 0 Å². The molecule has 114 valence electrons. The van der Waals surface area contributed by atoms with E-state index in [1.165, 1.54) is 0 Å². The molecule has 0 unspecified atom stereocenters. The van der Waals surface area contributed by atoms with Gasteiger partial charge < -0.3 is 45.6 Å². The number of rotatable bonds is 5. The van der Waals surface area contributed by atoms with Crippen LogP contribution in [-0.2, 0) is 4.74 Å². The van der Waals surface area contributed by atoms with Crippen molar-refractivity contribution in [2.75, 3.05) is 13.2 Å². The molecular weight excluding hydrogens is 272 g/mol. The molecule has 0 aromatic carbocycles. The highest BCUT2D eigenvalue weighted by Crippen LogP contribution is 2.03. The molecular formula is C8H16O11. The van der Waals surface area contributed by atoms with E-state index in [-0.39, 0.29) is 0 Å². The number of ether oxygens (including phenoxy) is 1. The molecule has 0 spiro atoms. The van der Waals surface area contributed by atoms with Crippen molar-refractivity contribution >= 4 is 12.3 Å². The van der Waals surface area contributed by atoms with Gasteiger partial charge in [0.25, 0.3) is 0 Å². The zero-order valence-electron chi connectivity index (χ0n) is 9.53. The van der Waals surface area contributed by atoms with Crippen LogP contribution in [0.25, 0.3) is 0 Å². The van der Waals surface area contributed by atoms with Crippen LogP contribution in [0.1, 0.15) is 0 Å². The first-order chi connectivity index (χ1) is 8.67. The molecule has 0 aromatic heterocycles. The summed E-state index contributed by atoms with van der Waals surface area (Å²) in [5, 5.41) is 67.1. The summed E-state index contributed by atoms with van der Waals surface area (Å²) in [6, 6.07) is 0. The SMILES string of the molecule is O=C(O)OC(=O)O.OC[C@@H](O)[C@@H](O)[C@@H](O)[C@@H](O)CO. The summed E-state index contributed by atoms with van der Waals surface area (Å²) in [5.41, 5.74) is 0. The third-order valence-electron chi connectivity index (χ3n) is 1.69. The van der Waals surface area contributed by atoms with Gasteiger partial charge in [-0.25, -0.2) is 9.59 Å². The summed E-state index contributed by atoms with van der Waals surface area (Å²) >= 11 is 0. The summed E-state index contributed by atoms with van der Waals surface area (Å²) in [5.74, 6) is 0. The predicted molar refractivity (Wildman–Crippen MR) is 55.3 cm³/mol. The van der Waals surface area contributed by atoms with E-state index in [9.17, 15) is 9.59 Å². The largest absolute Gasteiger partial charge is 0.516 e.